The largest absolute Gasteiger partial charge is 0.387 e. The van der Waals surface area contributed by atoms with Crippen LogP contribution in [0.5, 0.6) is 0 Å². The van der Waals surface area contributed by atoms with Crippen molar-refractivity contribution in [1.29, 1.82) is 5.26 Å². The molecule has 2 N–H and O–H groups in total. The van der Waals surface area contributed by atoms with E-state index in [-0.39, 0.29) is 38.6 Å². The molecule has 0 amide bonds. The number of hydrogen-bond donors (Lipinski definition) is 2. The summed E-state index contributed by atoms with van der Waals surface area (Å²) in [5, 5.41) is 26.5. The molecule has 0 heterocycles. The molecule has 1 radical (unpaired) electrons. The minimum absolute atomic E-state index is 0. The first-order valence-corrected chi connectivity index (χ1v) is 4.99. The Morgan fingerprint density at radius 2 is 1.65 bits per heavy atom. The van der Waals surface area contributed by atoms with Crippen molar-refractivity contribution in [2.75, 3.05) is 0 Å². The number of nitrogens with zero attached hydrogens (tertiary/aromatic N) is 1. The van der Waals surface area contributed by atoms with Gasteiger partial charge in [0.25, 0.3) is 0 Å². The van der Waals surface area contributed by atoms with E-state index in [0.29, 0.717) is 5.56 Å². The van der Waals surface area contributed by atoms with E-state index in [0.717, 1.165) is 0 Å². The van der Waals surface area contributed by atoms with Gasteiger partial charge in [0.2, 0.25) is 0 Å². The third kappa shape index (κ3) is 8.61. The maximum atomic E-state index is 9.10. The Labute approximate surface area is 134 Å². The molecule has 3 nitrogen and oxygen atoms in total. The van der Waals surface area contributed by atoms with Crippen LogP contribution in [0.3, 0.4) is 0 Å². The molecule has 0 atom stereocenters. The van der Waals surface area contributed by atoms with Crippen molar-refractivity contribution in [2.45, 2.75) is 38.9 Å². The van der Waals surface area contributed by atoms with Crippen molar-refractivity contribution >= 4 is 0 Å². The van der Waals surface area contributed by atoms with E-state index in [9.17, 15) is 0 Å². The molecule has 4 heteroatoms. The van der Waals surface area contributed by atoms with E-state index in [1.807, 2.05) is 6.07 Å². The Balaban J connectivity index is 0. The first-order valence-electron chi connectivity index (χ1n) is 4.99. The topological polar surface area (TPSA) is 64.2 Å². The Hall–Kier alpha value is -0.0843. The summed E-state index contributed by atoms with van der Waals surface area (Å²) in [7, 11) is 0. The smallest absolute Gasteiger partial charge is 0.0872 e. The number of hydrogen-bond acceptors (Lipinski definition) is 3. The van der Waals surface area contributed by atoms with Crippen LogP contribution in [-0.4, -0.2) is 21.4 Å². The second-order valence-electron chi connectivity index (χ2n) is 4.52. The van der Waals surface area contributed by atoms with Crippen LogP contribution >= 0.6 is 0 Å². The normalized spacial score (nSPS) is 10.4. The fraction of sp³-hybridized carbons (Fsp3) is 0.462. The van der Waals surface area contributed by atoms with Gasteiger partial charge in [-0.1, -0.05) is 5.56 Å². The third-order valence-corrected chi connectivity index (χ3v) is 2.33. The second kappa shape index (κ2) is 8.09. The maximum absolute atomic E-state index is 9.10. The van der Waals surface area contributed by atoms with Crippen LogP contribution in [0, 0.1) is 56.0 Å². The second-order valence-corrected chi connectivity index (χ2v) is 4.52. The molecule has 1 aromatic carbocycles. The van der Waals surface area contributed by atoms with E-state index in [4.69, 9.17) is 15.5 Å². The summed E-state index contributed by atoms with van der Waals surface area (Å²) < 4.78 is 0. The first kappa shape index (κ1) is 19.3. The number of benzene rings is 1. The Morgan fingerprint density at radius 1 is 1.18 bits per heavy atom. The van der Waals surface area contributed by atoms with Crippen LogP contribution in [0.15, 0.2) is 24.3 Å². The average Bonchev–Trinajstić information content (AvgIpc) is 2.17. The van der Waals surface area contributed by atoms with Gasteiger partial charge in [0.1, 0.15) is 0 Å². The minimum atomic E-state index is -1.01. The molecule has 0 aliphatic heterocycles. The molecular formula is C13H18NO2Tb-. The van der Waals surface area contributed by atoms with Gasteiger partial charge < -0.3 is 10.2 Å². The summed E-state index contributed by atoms with van der Waals surface area (Å²) >= 11 is 0. The van der Waals surface area contributed by atoms with Crippen LogP contribution in [0.2, 0.25) is 0 Å². The molecule has 0 saturated heterocycles. The summed E-state index contributed by atoms with van der Waals surface area (Å²) in [6.45, 7) is 6.31. The first-order chi connectivity index (χ1) is 7.18. The average molecular weight is 379 g/mol. The predicted molar refractivity (Wildman–Crippen MR) is 62.6 cm³/mol. The molecule has 17 heavy (non-hydrogen) atoms. The summed E-state index contributed by atoms with van der Waals surface area (Å²) in [5.74, 6) is 0. The monoisotopic (exact) mass is 379 g/mol. The zero-order valence-electron chi connectivity index (χ0n) is 10.5. The molecule has 0 unspecified atom stereocenters. The quantitative estimate of drug-likeness (QED) is 0.733. The molecule has 0 aliphatic carbocycles. The van der Waals surface area contributed by atoms with Crippen molar-refractivity contribution in [3.63, 3.8) is 0 Å². The Kier molecular flexibility index (Phi) is 9.17. The van der Waals surface area contributed by atoms with Crippen LogP contribution < -0.4 is 0 Å². The number of rotatable bonds is 1. The van der Waals surface area contributed by atoms with Gasteiger partial charge in [-0.2, -0.15) is 30.3 Å². The van der Waals surface area contributed by atoms with Gasteiger partial charge in [0.15, 0.2) is 0 Å². The van der Waals surface area contributed by atoms with Crippen molar-refractivity contribution in [1.82, 2.24) is 0 Å². The molecular weight excluding hydrogens is 361 g/mol. The molecule has 0 aliphatic rings. The molecule has 97 valence electrons. The van der Waals surface area contributed by atoms with E-state index in [1.165, 1.54) is 0 Å². The van der Waals surface area contributed by atoms with Gasteiger partial charge in [0.05, 0.1) is 11.2 Å². The van der Waals surface area contributed by atoms with E-state index in [2.05, 4.69) is 6.07 Å². The van der Waals surface area contributed by atoms with Crippen LogP contribution in [0.4, 0.5) is 0 Å². The molecule has 0 saturated carbocycles. The third-order valence-electron chi connectivity index (χ3n) is 2.33. The van der Waals surface area contributed by atoms with Gasteiger partial charge in [-0.15, -0.1) is 0 Å². The summed E-state index contributed by atoms with van der Waals surface area (Å²) in [6, 6.07) is 11.7. The summed E-state index contributed by atoms with van der Waals surface area (Å²) in [5.41, 5.74) is -1.35. The van der Waals surface area contributed by atoms with Crippen LogP contribution in [-0.2, 0) is 0 Å². The van der Waals surface area contributed by atoms with Gasteiger partial charge in [-0.3, -0.25) is 0 Å². The minimum Gasteiger partial charge on any atom is -0.387 e. The molecule has 0 fully saturated rings. The fourth-order valence-electron chi connectivity index (χ4n) is 0.463. The van der Waals surface area contributed by atoms with E-state index < -0.39 is 11.2 Å². The summed E-state index contributed by atoms with van der Waals surface area (Å²) in [4.78, 5) is 0. The maximum Gasteiger partial charge on any atom is 0.0872 e. The Morgan fingerprint density at radius 3 is 1.82 bits per heavy atom. The van der Waals surface area contributed by atoms with Crippen molar-refractivity contribution in [2.24, 2.45) is 0 Å². The van der Waals surface area contributed by atoms with Crippen molar-refractivity contribution < 1.29 is 48.8 Å². The van der Waals surface area contributed by atoms with Crippen LogP contribution in [0.25, 0.3) is 0 Å². The number of aliphatic hydroxyl groups is 2. The van der Waals surface area contributed by atoms with Crippen molar-refractivity contribution in [3.05, 3.63) is 35.9 Å². The molecule has 0 bridgehead atoms. The van der Waals surface area contributed by atoms with Crippen LogP contribution in [0.1, 0.15) is 33.3 Å². The van der Waals surface area contributed by atoms with E-state index >= 15 is 0 Å². The molecule has 1 rings (SSSR count). The van der Waals surface area contributed by atoms with Gasteiger partial charge in [0, 0.05) is 44.7 Å². The zero-order chi connectivity index (χ0) is 12.8. The predicted octanol–water partition coefficient (Wildman–Crippen LogP) is 1.89. The zero-order valence-corrected chi connectivity index (χ0v) is 12.6. The van der Waals surface area contributed by atoms with E-state index in [1.54, 1.807) is 52.0 Å². The van der Waals surface area contributed by atoms with Gasteiger partial charge >= 0.3 is 0 Å². The van der Waals surface area contributed by atoms with Gasteiger partial charge in [-0.05, 0) is 27.7 Å². The Bertz CT molecular complexity index is 332. The fourth-order valence-corrected chi connectivity index (χ4v) is 0.463. The van der Waals surface area contributed by atoms with Crippen molar-refractivity contribution in [3.8, 4) is 6.07 Å². The molecule has 0 spiro atoms. The SMILES string of the molecule is CC(C)(O)C(C)(C)O.N#Cc1c[c-]ccc1.[Tb]. The number of nitriles is 1. The summed E-state index contributed by atoms with van der Waals surface area (Å²) in [6.07, 6.45) is 0. The molecule has 1 aromatic rings. The molecule has 0 aromatic heterocycles. The standard InChI is InChI=1S/C7H4N.C6H14O2.Tb/c8-6-7-4-2-1-3-5-7;1-5(2,7)6(3,4)8;/h1-2,4-5H;7-8H,1-4H3;/q-1;;. The van der Waals surface area contributed by atoms with Gasteiger partial charge in [-0.25, -0.2) is 5.26 Å².